The van der Waals surface area contributed by atoms with Gasteiger partial charge in [-0.05, 0) is 46.7 Å². The fraction of sp³-hybridized carbons (Fsp3) is 0.167. The van der Waals surface area contributed by atoms with Gasteiger partial charge in [0.1, 0.15) is 0 Å². The van der Waals surface area contributed by atoms with Gasteiger partial charge in [-0.15, -0.1) is 11.3 Å². The van der Waals surface area contributed by atoms with E-state index in [4.69, 9.17) is 0 Å². The van der Waals surface area contributed by atoms with E-state index >= 15 is 0 Å². The van der Waals surface area contributed by atoms with Crippen molar-refractivity contribution in [1.82, 2.24) is 0 Å². The van der Waals surface area contributed by atoms with E-state index in [2.05, 4.69) is 74.7 Å². The minimum Gasteiger partial charge on any atom is -0.135 e. The highest BCUT2D eigenvalue weighted by molar-refractivity contribution is 7.19. The molecule has 0 saturated carbocycles. The van der Waals surface area contributed by atoms with Gasteiger partial charge in [-0.25, -0.2) is 0 Å². The number of benzene rings is 2. The van der Waals surface area contributed by atoms with Crippen LogP contribution in [0.25, 0.3) is 33.0 Å². The van der Waals surface area contributed by atoms with E-state index in [9.17, 15) is 0 Å². The quantitative estimate of drug-likeness (QED) is 0.411. The van der Waals surface area contributed by atoms with E-state index in [0.717, 1.165) is 17.5 Å². The van der Waals surface area contributed by atoms with Gasteiger partial charge in [0.05, 0.1) is 0 Å². The first-order valence-electron chi connectivity index (χ1n) is 8.83. The van der Waals surface area contributed by atoms with Crippen LogP contribution in [0.15, 0.2) is 67.8 Å². The summed E-state index contributed by atoms with van der Waals surface area (Å²) in [5, 5.41) is 0. The molecule has 1 heteroatoms. The van der Waals surface area contributed by atoms with E-state index < -0.39 is 0 Å². The summed E-state index contributed by atoms with van der Waals surface area (Å²) in [6.07, 6.45) is 7.36. The summed E-state index contributed by atoms with van der Waals surface area (Å²) in [6.45, 7) is 9.93. The normalized spacial score (nSPS) is 10.6. The minimum atomic E-state index is 1.14. The highest BCUT2D eigenvalue weighted by atomic mass is 32.1. The average Bonchev–Trinajstić information content (AvgIpc) is 3.10. The average molecular weight is 345 g/mol. The van der Waals surface area contributed by atoms with Crippen molar-refractivity contribution in [2.45, 2.75) is 26.2 Å². The molecule has 0 bridgehead atoms. The molecule has 3 rings (SSSR count). The summed E-state index contributed by atoms with van der Waals surface area (Å²) in [5.41, 5.74) is 6.36. The SMILES string of the molecule is C=Cc1ccc(-c2cc(CCCC)c(-c3ccc(C=C)cc3)s2)cc1. The van der Waals surface area contributed by atoms with E-state index in [1.54, 1.807) is 0 Å². The van der Waals surface area contributed by atoms with E-state index in [0.29, 0.717) is 0 Å². The van der Waals surface area contributed by atoms with Gasteiger partial charge in [-0.2, -0.15) is 0 Å². The van der Waals surface area contributed by atoms with Crippen LogP contribution in [-0.4, -0.2) is 0 Å². The van der Waals surface area contributed by atoms with Gasteiger partial charge in [0.15, 0.2) is 0 Å². The van der Waals surface area contributed by atoms with Crippen LogP contribution in [0.5, 0.6) is 0 Å². The molecule has 1 aromatic heterocycles. The maximum atomic E-state index is 3.84. The van der Waals surface area contributed by atoms with Crippen molar-refractivity contribution in [3.63, 3.8) is 0 Å². The standard InChI is InChI=1S/C24H24S/c1-4-7-8-22-17-23(20-13-9-18(5-2)10-14-20)25-24(22)21-15-11-19(6-3)12-16-21/h5-6,9-17H,2-4,7-8H2,1H3. The second kappa shape index (κ2) is 8.13. The molecule has 2 aromatic carbocycles. The lowest BCUT2D eigenvalue weighted by atomic mass is 10.0. The van der Waals surface area contributed by atoms with Crippen molar-refractivity contribution in [2.24, 2.45) is 0 Å². The fourth-order valence-corrected chi connectivity index (χ4v) is 4.14. The van der Waals surface area contributed by atoms with Gasteiger partial charge in [0.25, 0.3) is 0 Å². The Hall–Kier alpha value is -2.38. The lowest BCUT2D eigenvalue weighted by Gasteiger charge is -2.04. The molecule has 0 unspecified atom stereocenters. The lowest BCUT2D eigenvalue weighted by molar-refractivity contribution is 0.798. The first-order chi connectivity index (χ1) is 12.2. The van der Waals surface area contributed by atoms with Crippen molar-refractivity contribution < 1.29 is 0 Å². The Morgan fingerprint density at radius 1 is 0.840 bits per heavy atom. The van der Waals surface area contributed by atoms with Crippen molar-refractivity contribution >= 4 is 23.5 Å². The number of hydrogen-bond donors (Lipinski definition) is 0. The molecule has 0 aliphatic rings. The number of unbranched alkanes of at least 4 members (excludes halogenated alkanes) is 1. The third kappa shape index (κ3) is 4.00. The van der Waals surface area contributed by atoms with Crippen LogP contribution in [0.1, 0.15) is 36.5 Å². The van der Waals surface area contributed by atoms with Gasteiger partial charge in [0.2, 0.25) is 0 Å². The van der Waals surface area contributed by atoms with Gasteiger partial charge >= 0.3 is 0 Å². The molecule has 126 valence electrons. The summed E-state index contributed by atoms with van der Waals surface area (Å²) in [5.74, 6) is 0. The zero-order valence-corrected chi connectivity index (χ0v) is 15.6. The smallest absolute Gasteiger partial charge is 0.0381 e. The van der Waals surface area contributed by atoms with Crippen molar-refractivity contribution in [3.05, 3.63) is 84.4 Å². The Kier molecular flexibility index (Phi) is 5.67. The molecule has 0 aliphatic carbocycles. The molecule has 0 aliphatic heterocycles. The maximum absolute atomic E-state index is 3.84. The number of hydrogen-bond acceptors (Lipinski definition) is 1. The highest BCUT2D eigenvalue weighted by Crippen LogP contribution is 2.39. The first kappa shape index (κ1) is 17.4. The van der Waals surface area contributed by atoms with Crippen molar-refractivity contribution in [2.75, 3.05) is 0 Å². The largest absolute Gasteiger partial charge is 0.135 e. The Morgan fingerprint density at radius 2 is 1.40 bits per heavy atom. The van der Waals surface area contributed by atoms with E-state index in [1.807, 2.05) is 23.5 Å². The summed E-state index contributed by atoms with van der Waals surface area (Å²) in [7, 11) is 0. The topological polar surface area (TPSA) is 0 Å². The monoisotopic (exact) mass is 344 g/mol. The third-order valence-corrected chi connectivity index (χ3v) is 5.72. The van der Waals surface area contributed by atoms with Crippen LogP contribution in [0.4, 0.5) is 0 Å². The number of thiophene rings is 1. The number of rotatable bonds is 7. The predicted molar refractivity (Wildman–Crippen MR) is 114 cm³/mol. The highest BCUT2D eigenvalue weighted by Gasteiger charge is 2.12. The van der Waals surface area contributed by atoms with Crippen LogP contribution < -0.4 is 0 Å². The molecule has 0 atom stereocenters. The lowest BCUT2D eigenvalue weighted by Crippen LogP contribution is -1.85. The van der Waals surface area contributed by atoms with Gasteiger partial charge in [-0.3, -0.25) is 0 Å². The predicted octanol–water partition coefficient (Wildman–Crippen LogP) is 7.71. The fourth-order valence-electron chi connectivity index (χ4n) is 2.92. The maximum Gasteiger partial charge on any atom is 0.0381 e. The van der Waals surface area contributed by atoms with Crippen LogP contribution in [0.3, 0.4) is 0 Å². The molecular formula is C24H24S. The molecule has 0 fully saturated rings. The molecule has 0 radical (unpaired) electrons. The molecule has 0 saturated heterocycles. The van der Waals surface area contributed by atoms with Crippen molar-refractivity contribution in [1.29, 1.82) is 0 Å². The molecular weight excluding hydrogens is 320 g/mol. The Bertz CT molecular complexity index is 848. The van der Waals surface area contributed by atoms with Crippen LogP contribution in [0.2, 0.25) is 0 Å². The minimum absolute atomic E-state index is 1.14. The Morgan fingerprint density at radius 3 is 1.92 bits per heavy atom. The number of aryl methyl sites for hydroxylation is 1. The molecule has 0 amide bonds. The second-order valence-electron chi connectivity index (χ2n) is 6.22. The Labute approximate surface area is 155 Å². The molecule has 1 heterocycles. The molecule has 0 spiro atoms. The molecule has 3 aromatic rings. The zero-order valence-electron chi connectivity index (χ0n) is 14.8. The summed E-state index contributed by atoms with van der Waals surface area (Å²) < 4.78 is 0. The Balaban J connectivity index is 2.01. The van der Waals surface area contributed by atoms with Crippen LogP contribution in [-0.2, 0) is 6.42 Å². The summed E-state index contributed by atoms with van der Waals surface area (Å²) >= 11 is 1.89. The second-order valence-corrected chi connectivity index (χ2v) is 7.27. The zero-order chi connectivity index (χ0) is 17.6. The summed E-state index contributed by atoms with van der Waals surface area (Å²) in [4.78, 5) is 2.73. The van der Waals surface area contributed by atoms with Crippen molar-refractivity contribution in [3.8, 4) is 20.9 Å². The van der Waals surface area contributed by atoms with E-state index in [-0.39, 0.29) is 0 Å². The van der Waals surface area contributed by atoms with Gasteiger partial charge in [-0.1, -0.05) is 87.2 Å². The van der Waals surface area contributed by atoms with E-state index in [1.165, 1.54) is 39.3 Å². The van der Waals surface area contributed by atoms with Gasteiger partial charge in [0, 0.05) is 9.75 Å². The molecule has 25 heavy (non-hydrogen) atoms. The van der Waals surface area contributed by atoms with Gasteiger partial charge < -0.3 is 0 Å². The van der Waals surface area contributed by atoms with Crippen LogP contribution >= 0.6 is 11.3 Å². The first-order valence-corrected chi connectivity index (χ1v) is 9.65. The third-order valence-electron chi connectivity index (χ3n) is 4.45. The summed E-state index contributed by atoms with van der Waals surface area (Å²) in [6, 6.07) is 19.7. The molecule has 0 nitrogen and oxygen atoms in total. The molecule has 0 N–H and O–H groups in total. The van der Waals surface area contributed by atoms with Crippen LogP contribution in [0, 0.1) is 0 Å².